The third-order valence-corrected chi connectivity index (χ3v) is 7.28. The van der Waals surface area contributed by atoms with Gasteiger partial charge in [-0.25, -0.2) is 4.98 Å². The largest absolute Gasteiger partial charge is 0.368 e. The lowest BCUT2D eigenvalue weighted by molar-refractivity contribution is 0.516. The van der Waals surface area contributed by atoms with Crippen molar-refractivity contribution in [2.45, 2.75) is 38.1 Å². The molecule has 1 aliphatic carbocycles. The summed E-state index contributed by atoms with van der Waals surface area (Å²) in [7, 11) is 0. The second-order valence-electron chi connectivity index (χ2n) is 9.71. The summed E-state index contributed by atoms with van der Waals surface area (Å²) in [4.78, 5) is 20.6. The molecule has 1 saturated heterocycles. The zero-order valence-corrected chi connectivity index (χ0v) is 20.4. The van der Waals surface area contributed by atoms with E-state index in [4.69, 9.17) is 0 Å². The fraction of sp³-hybridized carbons (Fsp3) is 0.357. The minimum absolute atomic E-state index is 0.0794. The molecule has 0 amide bonds. The van der Waals surface area contributed by atoms with Crippen LogP contribution in [-0.4, -0.2) is 45.9 Å². The zero-order chi connectivity index (χ0) is 24.3. The number of hydrogen-bond acceptors (Lipinski definition) is 7. The van der Waals surface area contributed by atoms with Crippen LogP contribution in [0.25, 0.3) is 11.0 Å². The number of benzene rings is 1. The molecule has 2 fully saturated rings. The van der Waals surface area contributed by atoms with Crippen molar-refractivity contribution in [3.63, 3.8) is 0 Å². The molecule has 184 valence electrons. The maximum atomic E-state index is 13.7. The molecular weight excluding hydrogens is 450 g/mol. The van der Waals surface area contributed by atoms with Gasteiger partial charge in [0.2, 0.25) is 0 Å². The van der Waals surface area contributed by atoms with Gasteiger partial charge in [-0.2, -0.15) is 0 Å². The predicted molar refractivity (Wildman–Crippen MR) is 143 cm³/mol. The number of pyridine rings is 2. The number of hydrogen-bond donors (Lipinski definition) is 2. The Hall–Kier alpha value is -3.78. The highest BCUT2D eigenvalue weighted by atomic mass is 16.1. The molecule has 0 spiro atoms. The van der Waals surface area contributed by atoms with Crippen LogP contribution in [-0.2, 0) is 6.42 Å². The molecule has 8 heteroatoms. The maximum Gasteiger partial charge on any atom is 0.254 e. The van der Waals surface area contributed by atoms with Crippen molar-refractivity contribution >= 4 is 28.4 Å². The highest BCUT2D eigenvalue weighted by molar-refractivity contribution is 5.78. The molecule has 36 heavy (non-hydrogen) atoms. The normalized spacial score (nSPS) is 16.5. The minimum atomic E-state index is 0.0794. The van der Waals surface area contributed by atoms with E-state index in [1.54, 1.807) is 0 Å². The average molecular weight is 482 g/mol. The number of nitrogens with zero attached hydrogens (tertiary/aromatic N) is 5. The van der Waals surface area contributed by atoms with Crippen molar-refractivity contribution < 1.29 is 0 Å². The van der Waals surface area contributed by atoms with Crippen LogP contribution in [0.2, 0.25) is 0 Å². The van der Waals surface area contributed by atoms with E-state index in [0.29, 0.717) is 18.1 Å². The van der Waals surface area contributed by atoms with E-state index in [2.05, 4.69) is 48.9 Å². The number of aromatic nitrogens is 4. The first-order valence-electron chi connectivity index (χ1n) is 12.9. The molecule has 4 aromatic rings. The summed E-state index contributed by atoms with van der Waals surface area (Å²) in [6.07, 6.45) is 6.82. The summed E-state index contributed by atoms with van der Waals surface area (Å²) < 4.78 is 1.97. The Kier molecular flexibility index (Phi) is 6.34. The maximum absolute atomic E-state index is 13.7. The first kappa shape index (κ1) is 22.7. The van der Waals surface area contributed by atoms with E-state index in [-0.39, 0.29) is 11.6 Å². The number of rotatable bonds is 6. The van der Waals surface area contributed by atoms with Crippen molar-refractivity contribution in [3.05, 3.63) is 82.3 Å². The number of piperazine rings is 1. The van der Waals surface area contributed by atoms with Gasteiger partial charge in [-0.05, 0) is 36.6 Å². The highest BCUT2D eigenvalue weighted by Crippen LogP contribution is 2.31. The molecule has 0 atom stereocenters. The van der Waals surface area contributed by atoms with Gasteiger partial charge >= 0.3 is 0 Å². The van der Waals surface area contributed by atoms with Gasteiger partial charge in [0, 0.05) is 50.3 Å². The molecule has 4 heterocycles. The lowest BCUT2D eigenvalue weighted by atomic mass is 10.0. The first-order chi connectivity index (χ1) is 17.7. The van der Waals surface area contributed by atoms with Crippen LogP contribution in [0.1, 0.15) is 42.9 Å². The lowest BCUT2D eigenvalue weighted by Crippen LogP contribution is -2.43. The van der Waals surface area contributed by atoms with Crippen molar-refractivity contribution in [2.75, 3.05) is 36.4 Å². The van der Waals surface area contributed by atoms with Gasteiger partial charge in [-0.3, -0.25) is 4.79 Å². The monoisotopic (exact) mass is 481 g/mol. The molecular formula is C28H31N7O. The third-order valence-electron chi connectivity index (χ3n) is 7.28. The van der Waals surface area contributed by atoms with Crippen molar-refractivity contribution in [2.24, 2.45) is 0 Å². The molecule has 1 saturated carbocycles. The fourth-order valence-electron chi connectivity index (χ4n) is 5.41. The summed E-state index contributed by atoms with van der Waals surface area (Å²) in [6.45, 7) is 3.94. The Bertz CT molecular complexity index is 1390. The van der Waals surface area contributed by atoms with Gasteiger partial charge in [0.05, 0.1) is 17.4 Å². The number of nitrogens with one attached hydrogen (secondary N) is 2. The lowest BCUT2D eigenvalue weighted by Gasteiger charge is -2.29. The van der Waals surface area contributed by atoms with Gasteiger partial charge in [-0.1, -0.05) is 43.2 Å². The summed E-state index contributed by atoms with van der Waals surface area (Å²) in [5, 5.41) is 15.6. The van der Waals surface area contributed by atoms with E-state index in [0.717, 1.165) is 79.7 Å². The highest BCUT2D eigenvalue weighted by Gasteiger charge is 2.22. The van der Waals surface area contributed by atoms with Crippen LogP contribution in [0.15, 0.2) is 65.6 Å². The van der Waals surface area contributed by atoms with Crippen LogP contribution < -0.4 is 21.1 Å². The Morgan fingerprint density at radius 1 is 0.944 bits per heavy atom. The van der Waals surface area contributed by atoms with Gasteiger partial charge in [-0.15, -0.1) is 10.2 Å². The van der Waals surface area contributed by atoms with E-state index >= 15 is 0 Å². The third kappa shape index (κ3) is 4.68. The molecule has 2 aliphatic rings. The van der Waals surface area contributed by atoms with Crippen LogP contribution >= 0.6 is 0 Å². The summed E-state index contributed by atoms with van der Waals surface area (Å²) in [5.41, 5.74) is 4.66. The molecule has 0 radical (unpaired) electrons. The second-order valence-corrected chi connectivity index (χ2v) is 9.71. The quantitative estimate of drug-likeness (QED) is 0.430. The molecule has 1 aliphatic heterocycles. The molecule has 0 unspecified atom stereocenters. The van der Waals surface area contributed by atoms with Gasteiger partial charge in [0.15, 0.2) is 5.82 Å². The van der Waals surface area contributed by atoms with Crippen molar-refractivity contribution in [3.8, 4) is 0 Å². The molecule has 2 N–H and O–H groups in total. The average Bonchev–Trinajstić information content (AvgIpc) is 3.45. The number of anilines is 3. The van der Waals surface area contributed by atoms with E-state index in [1.165, 1.54) is 0 Å². The molecule has 0 bridgehead atoms. The molecule has 1 aromatic carbocycles. The minimum Gasteiger partial charge on any atom is -0.368 e. The number of fused-ring (bicyclic) bond motifs is 1. The summed E-state index contributed by atoms with van der Waals surface area (Å²) >= 11 is 0. The van der Waals surface area contributed by atoms with E-state index < -0.39 is 0 Å². The van der Waals surface area contributed by atoms with Gasteiger partial charge in [0.1, 0.15) is 11.3 Å². The summed E-state index contributed by atoms with van der Waals surface area (Å²) in [6, 6.07) is 18.2. The Morgan fingerprint density at radius 2 is 1.75 bits per heavy atom. The van der Waals surface area contributed by atoms with Crippen molar-refractivity contribution in [1.29, 1.82) is 0 Å². The molecule has 3 aromatic heterocycles. The Balaban J connectivity index is 1.32. The van der Waals surface area contributed by atoms with Gasteiger partial charge in [0.25, 0.3) is 5.56 Å². The van der Waals surface area contributed by atoms with E-state index in [1.807, 2.05) is 47.2 Å². The van der Waals surface area contributed by atoms with Crippen LogP contribution in [0.4, 0.5) is 17.3 Å². The standard InChI is InChI=1S/C28H31N7O/c36-28-21(16-20-6-2-1-3-7-20)17-24-25(35(28)22-8-4-5-9-22)18-27(33-32-24)31-26-11-10-23(19-30-26)34-14-12-29-13-15-34/h1-3,6-7,10-11,17-19,22,29H,4-5,8-9,12-16H2,(H,30,31,33). The Labute approximate surface area is 210 Å². The topological polar surface area (TPSA) is 88.0 Å². The molecule has 6 rings (SSSR count). The van der Waals surface area contributed by atoms with Crippen molar-refractivity contribution in [1.82, 2.24) is 25.1 Å². The van der Waals surface area contributed by atoms with E-state index in [9.17, 15) is 4.79 Å². The Morgan fingerprint density at radius 3 is 2.50 bits per heavy atom. The summed E-state index contributed by atoms with van der Waals surface area (Å²) in [5.74, 6) is 1.30. The molecule has 8 nitrogen and oxygen atoms in total. The second kappa shape index (κ2) is 10.1. The zero-order valence-electron chi connectivity index (χ0n) is 20.4. The SMILES string of the molecule is O=c1c(Cc2ccccc2)cc2nnc(Nc3ccc(N4CCNCC4)cn3)cc2n1C1CCCC1. The fourth-order valence-corrected chi connectivity index (χ4v) is 5.41. The first-order valence-corrected chi connectivity index (χ1v) is 12.9. The predicted octanol–water partition coefficient (Wildman–Crippen LogP) is 4.05. The van der Waals surface area contributed by atoms with Crippen LogP contribution in [0.3, 0.4) is 0 Å². The van der Waals surface area contributed by atoms with Crippen LogP contribution in [0.5, 0.6) is 0 Å². The van der Waals surface area contributed by atoms with Crippen LogP contribution in [0, 0.1) is 0 Å². The smallest absolute Gasteiger partial charge is 0.254 e. The van der Waals surface area contributed by atoms with Gasteiger partial charge < -0.3 is 20.1 Å².